The minimum absolute atomic E-state index is 0.108. The largest absolute Gasteiger partial charge is 0.386 e. The number of carbonyl (C=O) groups is 1. The minimum Gasteiger partial charge on any atom is -0.386 e. The van der Waals surface area contributed by atoms with Crippen molar-refractivity contribution in [3.05, 3.63) is 52.9 Å². The van der Waals surface area contributed by atoms with Gasteiger partial charge in [0, 0.05) is 5.69 Å². The third-order valence-corrected chi connectivity index (χ3v) is 7.78. The number of aryl methyl sites for hydroxylation is 1. The van der Waals surface area contributed by atoms with E-state index in [-0.39, 0.29) is 35.1 Å². The number of hydrogen-bond acceptors (Lipinski definition) is 8. The maximum atomic E-state index is 14.6. The molecule has 0 unspecified atom stereocenters. The molecular formula is C19H22FN5O3S. The maximum absolute atomic E-state index is 14.6. The standard InChI is InChI=1S/C19H22FN5O3S/c1-11-5-8-14(25-24-11)15(26)9-12-6-7-13(20)16(22-12)19(4)10-29(27,28)18(2,3)17(21)23-19/h5-8H,9-10H2,1-4H3,(H2,21,23)/t19-/m0/s1. The van der Waals surface area contributed by atoms with E-state index in [1.165, 1.54) is 26.8 Å². The average Bonchev–Trinajstić information content (AvgIpc) is 2.62. The number of Topliss-reactive ketones (excluding diaryl/α,β-unsaturated/α-hetero) is 1. The van der Waals surface area contributed by atoms with Gasteiger partial charge < -0.3 is 5.73 Å². The minimum atomic E-state index is -3.71. The highest BCUT2D eigenvalue weighted by Crippen LogP contribution is 2.36. The number of nitrogens with zero attached hydrogens (tertiary/aromatic N) is 4. The molecule has 1 aliphatic heterocycles. The molecule has 3 heterocycles. The topological polar surface area (TPSA) is 128 Å². The molecule has 10 heteroatoms. The van der Waals surface area contributed by atoms with Gasteiger partial charge in [0.25, 0.3) is 0 Å². The first-order chi connectivity index (χ1) is 13.4. The van der Waals surface area contributed by atoms with Crippen molar-refractivity contribution in [2.24, 2.45) is 10.7 Å². The molecular weight excluding hydrogens is 397 g/mol. The number of nitrogens with two attached hydrogens (primary N) is 1. The van der Waals surface area contributed by atoms with Crippen LogP contribution in [0.25, 0.3) is 0 Å². The Bertz CT molecular complexity index is 1110. The van der Waals surface area contributed by atoms with Crippen LogP contribution in [0.4, 0.5) is 4.39 Å². The second-order valence-corrected chi connectivity index (χ2v) is 10.4. The van der Waals surface area contributed by atoms with Gasteiger partial charge in [-0.1, -0.05) is 0 Å². The van der Waals surface area contributed by atoms with Crippen LogP contribution in [0.2, 0.25) is 0 Å². The molecule has 0 aliphatic carbocycles. The Labute approximate surface area is 168 Å². The Balaban J connectivity index is 1.98. The fourth-order valence-corrected chi connectivity index (χ4v) is 4.69. The fraction of sp³-hybridized carbons (Fsp3) is 0.421. The average molecular weight is 419 g/mol. The molecule has 0 fully saturated rings. The van der Waals surface area contributed by atoms with Crippen LogP contribution in [-0.4, -0.2) is 45.7 Å². The van der Waals surface area contributed by atoms with Crippen molar-refractivity contribution in [2.45, 2.75) is 44.4 Å². The van der Waals surface area contributed by atoms with E-state index < -0.39 is 31.7 Å². The van der Waals surface area contributed by atoms with Crippen molar-refractivity contribution in [2.75, 3.05) is 5.75 Å². The van der Waals surface area contributed by atoms with E-state index >= 15 is 0 Å². The maximum Gasteiger partial charge on any atom is 0.189 e. The smallest absolute Gasteiger partial charge is 0.189 e. The van der Waals surface area contributed by atoms with E-state index in [4.69, 9.17) is 5.73 Å². The molecule has 0 saturated heterocycles. The number of sulfone groups is 1. The normalized spacial score (nSPS) is 22.7. The molecule has 1 aliphatic rings. The lowest BCUT2D eigenvalue weighted by Gasteiger charge is -2.37. The summed E-state index contributed by atoms with van der Waals surface area (Å²) in [5, 5.41) is 7.69. The van der Waals surface area contributed by atoms with Crippen molar-refractivity contribution in [1.29, 1.82) is 0 Å². The number of amidine groups is 1. The van der Waals surface area contributed by atoms with Crippen molar-refractivity contribution in [3.8, 4) is 0 Å². The zero-order chi connectivity index (χ0) is 21.6. The quantitative estimate of drug-likeness (QED) is 0.744. The Kier molecular flexibility index (Phi) is 5.02. The number of ketones is 1. The second-order valence-electron chi connectivity index (χ2n) is 7.83. The van der Waals surface area contributed by atoms with Crippen molar-refractivity contribution < 1.29 is 17.6 Å². The third kappa shape index (κ3) is 3.76. The van der Waals surface area contributed by atoms with E-state index in [0.29, 0.717) is 5.69 Å². The lowest BCUT2D eigenvalue weighted by atomic mass is 9.97. The predicted octanol–water partition coefficient (Wildman–Crippen LogP) is 1.52. The molecule has 3 rings (SSSR count). The van der Waals surface area contributed by atoms with Gasteiger partial charge in [0.15, 0.2) is 15.6 Å². The van der Waals surface area contributed by atoms with Gasteiger partial charge in [-0.05, 0) is 52.0 Å². The van der Waals surface area contributed by atoms with Gasteiger partial charge in [-0.25, -0.2) is 12.8 Å². The number of rotatable bonds is 4. The monoisotopic (exact) mass is 419 g/mol. The number of halogens is 1. The molecule has 0 bridgehead atoms. The predicted molar refractivity (Wildman–Crippen MR) is 106 cm³/mol. The van der Waals surface area contributed by atoms with Crippen LogP contribution in [0.1, 0.15) is 48.3 Å². The van der Waals surface area contributed by atoms with Crippen LogP contribution in [0, 0.1) is 12.7 Å². The van der Waals surface area contributed by atoms with Crippen LogP contribution < -0.4 is 5.73 Å². The molecule has 29 heavy (non-hydrogen) atoms. The second kappa shape index (κ2) is 6.94. The molecule has 2 N–H and O–H groups in total. The summed E-state index contributed by atoms with van der Waals surface area (Å²) in [4.78, 5) is 21.0. The molecule has 0 radical (unpaired) electrons. The van der Waals surface area contributed by atoms with E-state index in [9.17, 15) is 17.6 Å². The number of carbonyl (C=O) groups excluding carboxylic acids is 1. The SMILES string of the molecule is Cc1ccc(C(=O)Cc2ccc(F)c([C@]3(C)CS(=O)(=O)C(C)(C)C(N)=N3)n2)nn1. The Morgan fingerprint density at radius 1 is 1.17 bits per heavy atom. The lowest BCUT2D eigenvalue weighted by molar-refractivity contribution is 0.0986. The summed E-state index contributed by atoms with van der Waals surface area (Å²) < 4.78 is 38.7. The molecule has 154 valence electrons. The van der Waals surface area contributed by atoms with Gasteiger partial charge in [-0.3, -0.25) is 14.8 Å². The molecule has 2 aromatic heterocycles. The fourth-order valence-electron chi connectivity index (χ4n) is 3.03. The molecule has 1 atom stereocenters. The van der Waals surface area contributed by atoms with E-state index in [2.05, 4.69) is 20.2 Å². The van der Waals surface area contributed by atoms with Crippen LogP contribution in [0.5, 0.6) is 0 Å². The zero-order valence-electron chi connectivity index (χ0n) is 16.6. The number of aliphatic imine (C=N–C) groups is 1. The van der Waals surface area contributed by atoms with Gasteiger partial charge in [-0.2, -0.15) is 5.10 Å². The Morgan fingerprint density at radius 2 is 1.86 bits per heavy atom. The molecule has 0 amide bonds. The summed E-state index contributed by atoms with van der Waals surface area (Å²) in [5.41, 5.74) is 5.36. The van der Waals surface area contributed by atoms with Gasteiger partial charge in [0.1, 0.15) is 33.3 Å². The number of hydrogen-bond donors (Lipinski definition) is 1. The molecule has 8 nitrogen and oxygen atoms in total. The summed E-state index contributed by atoms with van der Waals surface area (Å²) in [7, 11) is -3.71. The lowest BCUT2D eigenvalue weighted by Crippen LogP contribution is -2.55. The van der Waals surface area contributed by atoms with Gasteiger partial charge in [0.05, 0.1) is 17.9 Å². The highest BCUT2D eigenvalue weighted by atomic mass is 32.2. The summed E-state index contributed by atoms with van der Waals surface area (Å²) in [6.45, 7) is 6.14. The van der Waals surface area contributed by atoms with Gasteiger partial charge in [-0.15, -0.1) is 5.10 Å². The van der Waals surface area contributed by atoms with Crippen LogP contribution in [-0.2, 0) is 21.8 Å². The van der Waals surface area contributed by atoms with E-state index in [1.807, 2.05) is 0 Å². The van der Waals surface area contributed by atoms with E-state index in [0.717, 1.165) is 6.07 Å². The van der Waals surface area contributed by atoms with Crippen molar-refractivity contribution >= 4 is 21.5 Å². The summed E-state index contributed by atoms with van der Waals surface area (Å²) in [5.74, 6) is -1.61. The van der Waals surface area contributed by atoms with Crippen LogP contribution in [0.3, 0.4) is 0 Å². The number of pyridine rings is 1. The number of aromatic nitrogens is 3. The van der Waals surface area contributed by atoms with Gasteiger partial charge >= 0.3 is 0 Å². The Hall–Kier alpha value is -2.75. The summed E-state index contributed by atoms with van der Waals surface area (Å²) in [6.07, 6.45) is -0.140. The molecule has 0 spiro atoms. The first-order valence-electron chi connectivity index (χ1n) is 8.93. The molecule has 0 saturated carbocycles. The summed E-state index contributed by atoms with van der Waals surface area (Å²) >= 11 is 0. The van der Waals surface area contributed by atoms with E-state index in [1.54, 1.807) is 19.1 Å². The van der Waals surface area contributed by atoms with Crippen LogP contribution >= 0.6 is 0 Å². The first kappa shape index (κ1) is 21.0. The van der Waals surface area contributed by atoms with Crippen molar-refractivity contribution in [1.82, 2.24) is 15.2 Å². The van der Waals surface area contributed by atoms with Crippen molar-refractivity contribution in [3.63, 3.8) is 0 Å². The third-order valence-electron chi connectivity index (χ3n) is 5.07. The first-order valence-corrected chi connectivity index (χ1v) is 10.6. The highest BCUT2D eigenvalue weighted by molar-refractivity contribution is 7.93. The zero-order valence-corrected chi connectivity index (χ0v) is 17.4. The molecule has 2 aromatic rings. The van der Waals surface area contributed by atoms with Crippen LogP contribution in [0.15, 0.2) is 29.3 Å². The summed E-state index contributed by atoms with van der Waals surface area (Å²) in [6, 6.07) is 5.74. The molecule has 0 aromatic carbocycles. The highest BCUT2D eigenvalue weighted by Gasteiger charge is 2.50. The van der Waals surface area contributed by atoms with Gasteiger partial charge in [0.2, 0.25) is 0 Å². The Morgan fingerprint density at radius 3 is 2.45 bits per heavy atom.